The fourth-order valence-electron chi connectivity index (χ4n) is 16.2. The van der Waals surface area contributed by atoms with Crippen LogP contribution in [0.4, 0.5) is 0 Å². The van der Waals surface area contributed by atoms with Crippen molar-refractivity contribution in [3.8, 4) is 0 Å². The molecule has 6 heterocycles. The van der Waals surface area contributed by atoms with Crippen LogP contribution in [-0.2, 0) is 52.1 Å². The molecule has 84 heavy (non-hydrogen) atoms. The van der Waals surface area contributed by atoms with Crippen molar-refractivity contribution in [3.63, 3.8) is 0 Å². The van der Waals surface area contributed by atoms with Gasteiger partial charge in [0.15, 0.2) is 37.2 Å². The van der Waals surface area contributed by atoms with Crippen LogP contribution in [-0.4, -0.2) is 292 Å². The normalized spacial score (nSPS) is 54.4. The highest BCUT2D eigenvalue weighted by Gasteiger charge is 2.68. The van der Waals surface area contributed by atoms with Crippen molar-refractivity contribution >= 4 is 0 Å². The molecule has 0 radical (unpaired) electrons. The molecule has 28 heteroatoms. The minimum absolute atomic E-state index is 0.0767. The Bertz CT molecular complexity index is 2200. The fourth-order valence-corrected chi connectivity index (χ4v) is 16.2. The molecule has 4 aliphatic carbocycles. The van der Waals surface area contributed by atoms with Gasteiger partial charge in [0.2, 0.25) is 0 Å². The SMILES string of the molecule is C[C@@H](CCC1(O)O[C@H]2C[C@H]3[C@@H]4CC=C5C[C@@H](O[C@@H]6O[C@H](CO)[C@@H](O[C@@H]7O[C@H](CO[C@@H]8OC[C@@H](O)[C@H](O)[C@H]8O)[C@@H](O[C@@H]8O[C@H](CO)[C@H](O)[C@H](O)[C@H]8O)[C@H](O)[C@H]7O)[C@H](O)[C@H]6O)CC[C@]5(C)[C@H]4CC[C@]3(C)[C@H]2[C@@H]1C)CO[C@@H]1O[C@H](CO)[C@@H](O)[C@H](O)[C@H]1O. The quantitative estimate of drug-likeness (QED) is 0.0569. The summed E-state index contributed by atoms with van der Waals surface area (Å²) in [4.78, 5) is 0. The Kier molecular flexibility index (Phi) is 20.4. The standard InChI is InChI=1S/C56H92O28/c1-21(18-74-50-43(69)38(64)36(62)30(15-57)78-50)7-12-56(73)22(2)34-29(84-56)14-27-25-6-5-23-13-24(8-10-54(23,3)26(25)9-11-55(27,34)4)77-51-45(71)40(66)47(32(17-59)80-51)82-53-46(72)41(67)48(83-52-44(70)39(65)37(63)31(16-58)79-52)33(81-53)20-76-49-42(68)35(61)28(60)19-75-49/h5,21-22,24-53,57-73H,6-20H2,1-4H3/t21-,22-,24-,25+,26-,27-,28+,29-,30+,31+,32+,33+,34-,35-,36+,37-,38-,39-,40+,41+,42+,43+,44+,45+,46+,47+,48+,49-,50+,51+,52-,53-,54-,55-,56?/m0/s1. The van der Waals surface area contributed by atoms with Crippen molar-refractivity contribution in [2.75, 3.05) is 39.6 Å². The molecule has 3 saturated carbocycles. The molecule has 10 rings (SSSR count). The second-order valence-corrected chi connectivity index (χ2v) is 26.2. The van der Waals surface area contributed by atoms with Crippen LogP contribution in [0.5, 0.6) is 0 Å². The molecule has 0 amide bonds. The van der Waals surface area contributed by atoms with Gasteiger partial charge < -0.3 is 139 Å². The van der Waals surface area contributed by atoms with Gasteiger partial charge in [0.1, 0.15) is 116 Å². The second-order valence-electron chi connectivity index (χ2n) is 26.2. The van der Waals surface area contributed by atoms with Crippen LogP contribution in [0.3, 0.4) is 0 Å². The van der Waals surface area contributed by atoms with Gasteiger partial charge in [0.25, 0.3) is 0 Å². The van der Waals surface area contributed by atoms with Gasteiger partial charge in [0.05, 0.1) is 51.8 Å². The van der Waals surface area contributed by atoms with Crippen LogP contribution in [0, 0.1) is 46.3 Å². The summed E-state index contributed by atoms with van der Waals surface area (Å²) in [7, 11) is 0. The maximum Gasteiger partial charge on any atom is 0.187 e. The zero-order valence-corrected chi connectivity index (χ0v) is 47.8. The Morgan fingerprint density at radius 2 is 1.14 bits per heavy atom. The third kappa shape index (κ3) is 12.1. The Balaban J connectivity index is 0.743. The van der Waals surface area contributed by atoms with Crippen molar-refractivity contribution in [1.82, 2.24) is 0 Å². The highest BCUT2D eigenvalue weighted by molar-refractivity contribution is 5.26. The fraction of sp³-hybridized carbons (Fsp3) is 0.964. The van der Waals surface area contributed by atoms with E-state index in [0.717, 1.165) is 32.1 Å². The lowest BCUT2D eigenvalue weighted by Crippen LogP contribution is -2.67. The molecule has 9 fully saturated rings. The van der Waals surface area contributed by atoms with E-state index in [0.29, 0.717) is 43.4 Å². The molecule has 17 N–H and O–H groups in total. The molecule has 28 nitrogen and oxygen atoms in total. The summed E-state index contributed by atoms with van der Waals surface area (Å²) in [6.45, 7) is 5.57. The molecule has 0 aromatic rings. The molecular formula is C56H92O28. The number of aliphatic hydroxyl groups is 17. The number of aliphatic hydroxyl groups excluding tert-OH is 16. The zero-order chi connectivity index (χ0) is 60.6. The number of hydrogen-bond donors (Lipinski definition) is 17. The molecular weight excluding hydrogens is 1120 g/mol. The number of hydrogen-bond acceptors (Lipinski definition) is 28. The van der Waals surface area contributed by atoms with Gasteiger partial charge in [-0.15, -0.1) is 0 Å². The first-order valence-corrected chi connectivity index (χ1v) is 30.0. The Labute approximate surface area is 486 Å². The van der Waals surface area contributed by atoms with Gasteiger partial charge in [-0.2, -0.15) is 0 Å². The molecule has 6 aliphatic heterocycles. The highest BCUT2D eigenvalue weighted by atomic mass is 16.8. The van der Waals surface area contributed by atoms with Crippen molar-refractivity contribution in [3.05, 3.63) is 11.6 Å². The van der Waals surface area contributed by atoms with Gasteiger partial charge in [0, 0.05) is 12.3 Å². The molecule has 0 aromatic heterocycles. The van der Waals surface area contributed by atoms with Crippen LogP contribution in [0.2, 0.25) is 0 Å². The predicted octanol–water partition coefficient (Wildman–Crippen LogP) is -5.57. The minimum Gasteiger partial charge on any atom is -0.394 e. The Hall–Kier alpha value is -1.38. The van der Waals surface area contributed by atoms with E-state index in [1.165, 1.54) is 5.57 Å². The van der Waals surface area contributed by atoms with Gasteiger partial charge in [-0.1, -0.05) is 39.3 Å². The van der Waals surface area contributed by atoms with E-state index < -0.39 is 192 Å². The van der Waals surface area contributed by atoms with Gasteiger partial charge in [-0.25, -0.2) is 0 Å². The largest absolute Gasteiger partial charge is 0.394 e. The lowest BCUT2D eigenvalue weighted by molar-refractivity contribution is -0.384. The molecule has 6 saturated heterocycles. The third-order valence-corrected chi connectivity index (χ3v) is 21.2. The number of rotatable bonds is 18. The predicted molar refractivity (Wildman–Crippen MR) is 278 cm³/mol. The number of ether oxygens (including phenoxy) is 11. The average molecular weight is 1210 g/mol. The summed E-state index contributed by atoms with van der Waals surface area (Å²) < 4.78 is 64.9. The smallest absolute Gasteiger partial charge is 0.187 e. The second kappa shape index (κ2) is 26.1. The third-order valence-electron chi connectivity index (χ3n) is 21.2. The first-order valence-electron chi connectivity index (χ1n) is 30.0. The Morgan fingerprint density at radius 1 is 0.595 bits per heavy atom. The molecule has 0 bridgehead atoms. The van der Waals surface area contributed by atoms with E-state index in [1.807, 2.05) is 6.92 Å². The van der Waals surface area contributed by atoms with Crippen LogP contribution in [0.1, 0.15) is 85.5 Å². The van der Waals surface area contributed by atoms with Gasteiger partial charge >= 0.3 is 0 Å². The molecule has 10 aliphatic rings. The van der Waals surface area contributed by atoms with E-state index in [2.05, 4.69) is 26.8 Å². The topological polar surface area (TPSA) is 445 Å². The molecule has 1 unspecified atom stereocenters. The van der Waals surface area contributed by atoms with E-state index in [9.17, 15) is 86.8 Å². The minimum atomic E-state index is -2.05. The molecule has 0 spiro atoms. The van der Waals surface area contributed by atoms with Gasteiger partial charge in [-0.3, -0.25) is 0 Å². The Morgan fingerprint density at radius 3 is 1.77 bits per heavy atom. The van der Waals surface area contributed by atoms with E-state index in [-0.39, 0.29) is 41.3 Å². The zero-order valence-electron chi connectivity index (χ0n) is 47.8. The molecule has 35 atom stereocenters. The van der Waals surface area contributed by atoms with E-state index in [4.69, 9.17) is 52.1 Å². The highest BCUT2D eigenvalue weighted by Crippen LogP contribution is 2.70. The van der Waals surface area contributed by atoms with Crippen LogP contribution in [0.25, 0.3) is 0 Å². The molecule has 484 valence electrons. The lowest BCUT2D eigenvalue weighted by atomic mass is 9.47. The summed E-state index contributed by atoms with van der Waals surface area (Å²) in [5, 5.41) is 181. The van der Waals surface area contributed by atoms with E-state index in [1.54, 1.807) is 0 Å². The first-order chi connectivity index (χ1) is 39.8. The summed E-state index contributed by atoms with van der Waals surface area (Å²) >= 11 is 0. The lowest BCUT2D eigenvalue weighted by Gasteiger charge is -2.58. The number of allylic oxidation sites excluding steroid dienone is 1. The van der Waals surface area contributed by atoms with Crippen LogP contribution in [0.15, 0.2) is 11.6 Å². The summed E-state index contributed by atoms with van der Waals surface area (Å²) in [5.41, 5.74) is 1.01. The van der Waals surface area contributed by atoms with Crippen molar-refractivity contribution in [1.29, 1.82) is 0 Å². The summed E-state index contributed by atoms with van der Waals surface area (Å²) in [6.07, 6.45) is -31.4. The van der Waals surface area contributed by atoms with Crippen molar-refractivity contribution in [2.24, 2.45) is 46.3 Å². The summed E-state index contributed by atoms with van der Waals surface area (Å²) in [6, 6.07) is 0. The van der Waals surface area contributed by atoms with Crippen LogP contribution >= 0.6 is 0 Å². The maximum atomic E-state index is 12.1. The van der Waals surface area contributed by atoms with Crippen LogP contribution < -0.4 is 0 Å². The summed E-state index contributed by atoms with van der Waals surface area (Å²) in [5.74, 6) is -0.352. The maximum absolute atomic E-state index is 12.1. The number of fused-ring (bicyclic) bond motifs is 7. The average Bonchev–Trinajstić information content (AvgIpc) is 3.28. The van der Waals surface area contributed by atoms with Crippen molar-refractivity contribution < 1.29 is 139 Å². The van der Waals surface area contributed by atoms with Gasteiger partial charge in [-0.05, 0) is 91.8 Å². The van der Waals surface area contributed by atoms with Crippen molar-refractivity contribution in [2.45, 2.75) is 251 Å². The first kappa shape index (κ1) is 65.6. The molecule has 0 aromatic carbocycles. The monoisotopic (exact) mass is 1210 g/mol. The van der Waals surface area contributed by atoms with E-state index >= 15 is 0 Å².